The zero-order chi connectivity index (χ0) is 16.4. The third-order valence-electron chi connectivity index (χ3n) is 3.34. The SMILES string of the molecule is CCNC(=NCC(=O)Nc1cccc(CC)c1)NC(C)CC. The second-order valence-corrected chi connectivity index (χ2v) is 5.25. The second-order valence-electron chi connectivity index (χ2n) is 5.25. The van der Waals surface area contributed by atoms with Gasteiger partial charge in [-0.25, -0.2) is 4.99 Å². The van der Waals surface area contributed by atoms with Crippen molar-refractivity contribution in [1.29, 1.82) is 0 Å². The van der Waals surface area contributed by atoms with Gasteiger partial charge in [0.05, 0.1) is 0 Å². The number of hydrogen-bond donors (Lipinski definition) is 3. The molecule has 0 fully saturated rings. The molecule has 1 unspecified atom stereocenters. The number of carbonyl (C=O) groups excluding carboxylic acids is 1. The maximum absolute atomic E-state index is 12.0. The first kappa shape index (κ1) is 18.0. The standard InChI is InChI=1S/C17H28N4O/c1-5-13(4)20-17(18-7-3)19-12-16(22)21-15-10-8-9-14(6-2)11-15/h8-11,13H,5-7,12H2,1-4H3,(H,21,22)(H2,18,19,20). The minimum Gasteiger partial charge on any atom is -0.357 e. The lowest BCUT2D eigenvalue weighted by Gasteiger charge is -2.16. The molecule has 1 amide bonds. The maximum Gasteiger partial charge on any atom is 0.246 e. The Hall–Kier alpha value is -2.04. The molecule has 0 saturated carbocycles. The smallest absolute Gasteiger partial charge is 0.246 e. The average molecular weight is 304 g/mol. The van der Waals surface area contributed by atoms with Gasteiger partial charge in [0.1, 0.15) is 6.54 Å². The Kier molecular flexibility index (Phi) is 8.04. The van der Waals surface area contributed by atoms with E-state index in [1.165, 1.54) is 5.56 Å². The Balaban J connectivity index is 2.59. The Morgan fingerprint density at radius 3 is 2.68 bits per heavy atom. The summed E-state index contributed by atoms with van der Waals surface area (Å²) in [7, 11) is 0. The number of hydrogen-bond acceptors (Lipinski definition) is 2. The lowest BCUT2D eigenvalue weighted by atomic mass is 10.1. The van der Waals surface area contributed by atoms with Crippen molar-refractivity contribution in [3.8, 4) is 0 Å². The summed E-state index contributed by atoms with van der Waals surface area (Å²) in [5.41, 5.74) is 2.02. The quantitative estimate of drug-likeness (QED) is 0.536. The van der Waals surface area contributed by atoms with Crippen LogP contribution in [0.3, 0.4) is 0 Å². The van der Waals surface area contributed by atoms with Gasteiger partial charge >= 0.3 is 0 Å². The first-order valence-corrected chi connectivity index (χ1v) is 8.02. The molecule has 0 spiro atoms. The van der Waals surface area contributed by atoms with Gasteiger partial charge < -0.3 is 16.0 Å². The molecule has 1 aromatic rings. The van der Waals surface area contributed by atoms with E-state index in [4.69, 9.17) is 0 Å². The molecule has 5 nitrogen and oxygen atoms in total. The molecule has 1 rings (SSSR count). The van der Waals surface area contributed by atoms with Crippen LogP contribution in [0, 0.1) is 0 Å². The molecule has 0 aliphatic carbocycles. The summed E-state index contributed by atoms with van der Waals surface area (Å²) in [4.78, 5) is 16.3. The minimum absolute atomic E-state index is 0.0993. The fourth-order valence-electron chi connectivity index (χ4n) is 1.88. The van der Waals surface area contributed by atoms with Crippen molar-refractivity contribution in [1.82, 2.24) is 10.6 Å². The largest absolute Gasteiger partial charge is 0.357 e. The van der Waals surface area contributed by atoms with Crippen molar-refractivity contribution >= 4 is 17.6 Å². The summed E-state index contributed by atoms with van der Waals surface area (Å²) in [6, 6.07) is 8.20. The molecule has 3 N–H and O–H groups in total. The van der Waals surface area contributed by atoms with Gasteiger partial charge in [-0.3, -0.25) is 4.79 Å². The molecule has 0 saturated heterocycles. The van der Waals surface area contributed by atoms with Crippen LogP contribution in [0.4, 0.5) is 5.69 Å². The van der Waals surface area contributed by atoms with E-state index in [2.05, 4.69) is 41.7 Å². The highest BCUT2D eigenvalue weighted by Gasteiger charge is 2.05. The van der Waals surface area contributed by atoms with Crippen LogP contribution in [0.5, 0.6) is 0 Å². The summed E-state index contributed by atoms with van der Waals surface area (Å²) in [5, 5.41) is 9.29. The zero-order valence-corrected chi connectivity index (χ0v) is 14.1. The third kappa shape index (κ3) is 6.61. The van der Waals surface area contributed by atoms with Gasteiger partial charge in [0.25, 0.3) is 0 Å². The van der Waals surface area contributed by atoms with Crippen molar-refractivity contribution < 1.29 is 4.79 Å². The molecule has 1 aromatic carbocycles. The van der Waals surface area contributed by atoms with Gasteiger partial charge in [0.2, 0.25) is 5.91 Å². The third-order valence-corrected chi connectivity index (χ3v) is 3.34. The van der Waals surface area contributed by atoms with Gasteiger partial charge in [-0.15, -0.1) is 0 Å². The molecule has 1 atom stereocenters. The molecule has 0 radical (unpaired) electrons. The van der Waals surface area contributed by atoms with E-state index in [1.807, 2.05) is 31.2 Å². The summed E-state index contributed by atoms with van der Waals surface area (Å²) in [6.45, 7) is 9.15. The number of nitrogens with one attached hydrogen (secondary N) is 3. The number of benzene rings is 1. The van der Waals surface area contributed by atoms with E-state index in [0.29, 0.717) is 12.0 Å². The zero-order valence-electron chi connectivity index (χ0n) is 14.1. The Bertz CT molecular complexity index is 499. The summed E-state index contributed by atoms with van der Waals surface area (Å²) < 4.78 is 0. The van der Waals surface area contributed by atoms with E-state index in [0.717, 1.165) is 25.1 Å². The van der Waals surface area contributed by atoms with Gasteiger partial charge in [0, 0.05) is 18.3 Å². The van der Waals surface area contributed by atoms with Crippen LogP contribution in [0.15, 0.2) is 29.3 Å². The van der Waals surface area contributed by atoms with E-state index >= 15 is 0 Å². The van der Waals surface area contributed by atoms with E-state index in [-0.39, 0.29) is 12.5 Å². The lowest BCUT2D eigenvalue weighted by Crippen LogP contribution is -2.42. The number of aliphatic imine (C=N–C) groups is 1. The van der Waals surface area contributed by atoms with Crippen molar-refractivity contribution in [2.45, 2.75) is 46.6 Å². The number of rotatable bonds is 7. The molecule has 122 valence electrons. The monoisotopic (exact) mass is 304 g/mol. The molecule has 0 aliphatic heterocycles. The van der Waals surface area contributed by atoms with Crippen molar-refractivity contribution in [2.24, 2.45) is 4.99 Å². The number of nitrogens with zero attached hydrogens (tertiary/aromatic N) is 1. The normalized spacial score (nSPS) is 12.6. The molecule has 0 bridgehead atoms. The Labute approximate surface area is 133 Å². The van der Waals surface area contributed by atoms with Crippen LogP contribution in [0.25, 0.3) is 0 Å². The highest BCUT2D eigenvalue weighted by Crippen LogP contribution is 2.10. The number of aryl methyl sites for hydroxylation is 1. The Morgan fingerprint density at radius 1 is 1.27 bits per heavy atom. The summed E-state index contributed by atoms with van der Waals surface area (Å²) >= 11 is 0. The highest BCUT2D eigenvalue weighted by atomic mass is 16.1. The van der Waals surface area contributed by atoms with Crippen LogP contribution >= 0.6 is 0 Å². The number of anilines is 1. The van der Waals surface area contributed by atoms with Crippen LogP contribution in [0.2, 0.25) is 0 Å². The van der Waals surface area contributed by atoms with E-state index in [1.54, 1.807) is 0 Å². The first-order valence-electron chi connectivity index (χ1n) is 8.02. The molecular formula is C17H28N4O. The molecule has 22 heavy (non-hydrogen) atoms. The Morgan fingerprint density at radius 2 is 2.05 bits per heavy atom. The van der Waals surface area contributed by atoms with Gasteiger partial charge in [-0.1, -0.05) is 26.0 Å². The lowest BCUT2D eigenvalue weighted by molar-refractivity contribution is -0.114. The highest BCUT2D eigenvalue weighted by molar-refractivity contribution is 5.94. The van der Waals surface area contributed by atoms with Gasteiger partial charge in [0.15, 0.2) is 5.96 Å². The first-order chi connectivity index (χ1) is 10.6. The van der Waals surface area contributed by atoms with Crippen LogP contribution in [0.1, 0.15) is 39.7 Å². The number of guanidine groups is 1. The summed E-state index contributed by atoms with van der Waals surface area (Å²) in [5.74, 6) is 0.559. The molecule has 0 aliphatic rings. The van der Waals surface area contributed by atoms with E-state index < -0.39 is 0 Å². The molecule has 0 aromatic heterocycles. The van der Waals surface area contributed by atoms with Crippen LogP contribution in [-0.2, 0) is 11.2 Å². The molecule has 0 heterocycles. The average Bonchev–Trinajstić information content (AvgIpc) is 2.52. The van der Waals surface area contributed by atoms with Crippen molar-refractivity contribution in [2.75, 3.05) is 18.4 Å². The minimum atomic E-state index is -0.116. The topological polar surface area (TPSA) is 65.5 Å². The van der Waals surface area contributed by atoms with Gasteiger partial charge in [-0.2, -0.15) is 0 Å². The fourth-order valence-corrected chi connectivity index (χ4v) is 1.88. The molecule has 5 heteroatoms. The molecular weight excluding hydrogens is 276 g/mol. The van der Waals surface area contributed by atoms with Crippen LogP contribution < -0.4 is 16.0 Å². The fraction of sp³-hybridized carbons (Fsp3) is 0.529. The van der Waals surface area contributed by atoms with Crippen molar-refractivity contribution in [3.05, 3.63) is 29.8 Å². The number of amides is 1. The second kappa shape index (κ2) is 9.82. The van der Waals surface area contributed by atoms with E-state index in [9.17, 15) is 4.79 Å². The predicted octanol–water partition coefficient (Wildman–Crippen LogP) is 2.54. The van der Waals surface area contributed by atoms with Crippen LogP contribution in [-0.4, -0.2) is 31.0 Å². The predicted molar refractivity (Wildman–Crippen MR) is 93.3 cm³/mol. The van der Waals surface area contributed by atoms with Crippen molar-refractivity contribution in [3.63, 3.8) is 0 Å². The number of carbonyl (C=O) groups is 1. The van der Waals surface area contributed by atoms with Gasteiger partial charge in [-0.05, 0) is 44.4 Å². The maximum atomic E-state index is 12.0. The summed E-state index contributed by atoms with van der Waals surface area (Å²) in [6.07, 6.45) is 1.95.